The third kappa shape index (κ3) is 8.53. The van der Waals surface area contributed by atoms with Gasteiger partial charge in [0.1, 0.15) is 36.5 Å². The molecule has 0 N–H and O–H groups in total. The average molecular weight is 515 g/mol. The molecule has 0 heterocycles. The lowest BCUT2D eigenvalue weighted by Crippen LogP contribution is -2.21. The first-order valence-corrected chi connectivity index (χ1v) is 12.7. The van der Waals surface area contributed by atoms with Crippen LogP contribution in [-0.4, -0.2) is 51.3 Å². The Morgan fingerprint density at radius 1 is 0.658 bits per heavy atom. The van der Waals surface area contributed by atoms with Gasteiger partial charge < -0.3 is 19.3 Å². The summed E-state index contributed by atoms with van der Waals surface area (Å²) < 4.78 is 10.2. The Labute approximate surface area is 225 Å². The first kappa shape index (κ1) is 29.7. The highest BCUT2D eigenvalue weighted by atomic mass is 16.6. The lowest BCUT2D eigenvalue weighted by Gasteiger charge is -2.20. The van der Waals surface area contributed by atoms with Crippen LogP contribution in [0.4, 0.5) is 11.4 Å². The summed E-state index contributed by atoms with van der Waals surface area (Å²) in [4.78, 5) is 29.0. The molecule has 2 aromatic rings. The molecule has 0 atom stereocenters. The fourth-order valence-corrected chi connectivity index (χ4v) is 3.77. The standard InChI is InChI=1S/C30H34N4O4/c1-5-33(6-2)27-13-9-23(10-14-27)19-25(21-31)29(35)37-17-18-38-30(36)26(22-32)20-24-11-15-28(16-12-24)34(7-3)8-4/h9-16,19-20H,5-8,17-18H2,1-4H3. The molecule has 0 aromatic heterocycles. The van der Waals surface area contributed by atoms with Gasteiger partial charge in [0.15, 0.2) is 0 Å². The van der Waals surface area contributed by atoms with Crippen molar-refractivity contribution in [3.8, 4) is 12.1 Å². The number of carbonyl (C=O) groups is 2. The number of anilines is 2. The largest absolute Gasteiger partial charge is 0.458 e. The minimum atomic E-state index is -0.819. The van der Waals surface area contributed by atoms with Crippen molar-refractivity contribution in [1.82, 2.24) is 0 Å². The van der Waals surface area contributed by atoms with Gasteiger partial charge in [-0.2, -0.15) is 10.5 Å². The molecule has 0 fully saturated rings. The molecule has 0 amide bonds. The summed E-state index contributed by atoms with van der Waals surface area (Å²) in [6.07, 6.45) is 2.89. The minimum absolute atomic E-state index is 0.169. The highest BCUT2D eigenvalue weighted by molar-refractivity contribution is 5.98. The van der Waals surface area contributed by atoms with Crippen LogP contribution in [0.5, 0.6) is 0 Å². The van der Waals surface area contributed by atoms with Crippen molar-refractivity contribution in [3.63, 3.8) is 0 Å². The van der Waals surface area contributed by atoms with E-state index in [-0.39, 0.29) is 24.4 Å². The van der Waals surface area contributed by atoms with E-state index >= 15 is 0 Å². The van der Waals surface area contributed by atoms with Crippen molar-refractivity contribution < 1.29 is 19.1 Å². The fourth-order valence-electron chi connectivity index (χ4n) is 3.77. The zero-order valence-corrected chi connectivity index (χ0v) is 22.4. The summed E-state index contributed by atoms with van der Waals surface area (Å²) in [5.41, 5.74) is 3.15. The van der Waals surface area contributed by atoms with Crippen LogP contribution in [0.3, 0.4) is 0 Å². The molecular weight excluding hydrogens is 480 g/mol. The van der Waals surface area contributed by atoms with Gasteiger partial charge in [-0.05, 0) is 75.2 Å². The third-order valence-corrected chi connectivity index (χ3v) is 5.90. The van der Waals surface area contributed by atoms with Gasteiger partial charge in [0.2, 0.25) is 0 Å². The molecule has 0 bridgehead atoms. The minimum Gasteiger partial charge on any atom is -0.458 e. The lowest BCUT2D eigenvalue weighted by atomic mass is 10.1. The van der Waals surface area contributed by atoms with Gasteiger partial charge >= 0.3 is 11.9 Å². The van der Waals surface area contributed by atoms with Crippen LogP contribution in [0.25, 0.3) is 12.2 Å². The summed E-state index contributed by atoms with van der Waals surface area (Å²) in [6, 6.07) is 18.7. The van der Waals surface area contributed by atoms with Crippen LogP contribution in [0.15, 0.2) is 59.7 Å². The van der Waals surface area contributed by atoms with Crippen LogP contribution >= 0.6 is 0 Å². The Morgan fingerprint density at radius 2 is 0.974 bits per heavy atom. The monoisotopic (exact) mass is 514 g/mol. The smallest absolute Gasteiger partial charge is 0.349 e. The highest BCUT2D eigenvalue weighted by Crippen LogP contribution is 2.18. The number of benzene rings is 2. The summed E-state index contributed by atoms with van der Waals surface area (Å²) in [5, 5.41) is 18.8. The van der Waals surface area contributed by atoms with E-state index in [2.05, 4.69) is 37.5 Å². The zero-order chi connectivity index (χ0) is 27.9. The maximum atomic E-state index is 12.3. The van der Waals surface area contributed by atoms with E-state index < -0.39 is 11.9 Å². The van der Waals surface area contributed by atoms with Crippen LogP contribution in [0, 0.1) is 22.7 Å². The molecule has 0 radical (unpaired) electrons. The van der Waals surface area contributed by atoms with Crippen LogP contribution in [0.1, 0.15) is 38.8 Å². The first-order chi connectivity index (χ1) is 18.4. The number of hydrogen-bond acceptors (Lipinski definition) is 8. The average Bonchev–Trinajstić information content (AvgIpc) is 2.95. The molecule has 198 valence electrons. The second-order valence-corrected chi connectivity index (χ2v) is 8.14. The Bertz CT molecular complexity index is 1110. The quantitative estimate of drug-likeness (QED) is 0.159. The Morgan fingerprint density at radius 3 is 1.24 bits per heavy atom. The summed E-state index contributed by atoms with van der Waals surface area (Å²) in [5.74, 6) is -1.64. The second kappa shape index (κ2) is 15.5. The second-order valence-electron chi connectivity index (χ2n) is 8.14. The number of nitrogens with zero attached hydrogens (tertiary/aromatic N) is 4. The summed E-state index contributed by atoms with van der Waals surface area (Å²) in [6.45, 7) is 11.3. The van der Waals surface area contributed by atoms with E-state index in [4.69, 9.17) is 9.47 Å². The number of rotatable bonds is 13. The van der Waals surface area contributed by atoms with Crippen molar-refractivity contribution in [1.29, 1.82) is 10.5 Å². The molecule has 0 aliphatic carbocycles. The molecule has 8 nitrogen and oxygen atoms in total. The Hall–Kier alpha value is -4.56. The molecule has 0 aliphatic heterocycles. The maximum absolute atomic E-state index is 12.3. The lowest BCUT2D eigenvalue weighted by molar-refractivity contribution is -0.146. The molecule has 2 aromatic carbocycles. The van der Waals surface area contributed by atoms with Crippen molar-refractivity contribution in [2.45, 2.75) is 27.7 Å². The number of ether oxygens (including phenoxy) is 2. The maximum Gasteiger partial charge on any atom is 0.349 e. The van der Waals surface area contributed by atoms with E-state index in [0.29, 0.717) is 11.1 Å². The van der Waals surface area contributed by atoms with Crippen LogP contribution in [-0.2, 0) is 19.1 Å². The molecule has 8 heteroatoms. The van der Waals surface area contributed by atoms with Gasteiger partial charge in [-0.25, -0.2) is 9.59 Å². The third-order valence-electron chi connectivity index (χ3n) is 5.90. The van der Waals surface area contributed by atoms with E-state index in [1.54, 1.807) is 0 Å². The van der Waals surface area contributed by atoms with Gasteiger partial charge in [0, 0.05) is 37.6 Å². The molecular formula is C30H34N4O4. The predicted molar refractivity (Wildman–Crippen MR) is 149 cm³/mol. The van der Waals surface area contributed by atoms with E-state index in [1.165, 1.54) is 12.2 Å². The molecule has 0 unspecified atom stereocenters. The Kier molecular flexibility index (Phi) is 12.1. The topological polar surface area (TPSA) is 107 Å². The van der Waals surface area contributed by atoms with Crippen molar-refractivity contribution in [3.05, 3.63) is 70.8 Å². The van der Waals surface area contributed by atoms with Crippen molar-refractivity contribution in [2.75, 3.05) is 49.2 Å². The first-order valence-electron chi connectivity index (χ1n) is 12.7. The molecule has 38 heavy (non-hydrogen) atoms. The molecule has 0 aliphatic rings. The van der Waals surface area contributed by atoms with Crippen LogP contribution in [0.2, 0.25) is 0 Å². The fraction of sp³-hybridized carbons (Fsp3) is 0.333. The van der Waals surface area contributed by atoms with Gasteiger partial charge in [-0.3, -0.25) is 0 Å². The van der Waals surface area contributed by atoms with Gasteiger partial charge in [-0.1, -0.05) is 24.3 Å². The van der Waals surface area contributed by atoms with Gasteiger partial charge in [0.05, 0.1) is 0 Å². The molecule has 0 spiro atoms. The normalized spacial score (nSPS) is 11.2. The zero-order valence-electron chi connectivity index (χ0n) is 22.4. The molecule has 2 rings (SSSR count). The van der Waals surface area contributed by atoms with Gasteiger partial charge in [0.25, 0.3) is 0 Å². The SMILES string of the molecule is CCN(CC)c1ccc(C=C(C#N)C(=O)OCCOC(=O)C(C#N)=Cc2ccc(N(CC)CC)cc2)cc1. The highest BCUT2D eigenvalue weighted by Gasteiger charge is 2.14. The Balaban J connectivity index is 1.91. The summed E-state index contributed by atoms with van der Waals surface area (Å²) in [7, 11) is 0. The summed E-state index contributed by atoms with van der Waals surface area (Å²) >= 11 is 0. The number of hydrogen-bond donors (Lipinski definition) is 0. The molecule has 0 saturated heterocycles. The van der Waals surface area contributed by atoms with Crippen LogP contribution < -0.4 is 9.80 Å². The van der Waals surface area contributed by atoms with E-state index in [0.717, 1.165) is 37.6 Å². The van der Waals surface area contributed by atoms with Gasteiger partial charge in [-0.15, -0.1) is 0 Å². The molecule has 0 saturated carbocycles. The number of carbonyl (C=O) groups excluding carboxylic acids is 2. The van der Waals surface area contributed by atoms with E-state index in [1.807, 2.05) is 60.7 Å². The van der Waals surface area contributed by atoms with Crippen molar-refractivity contribution >= 4 is 35.5 Å². The predicted octanol–water partition coefficient (Wildman–Crippen LogP) is 4.98. The van der Waals surface area contributed by atoms with E-state index in [9.17, 15) is 20.1 Å². The van der Waals surface area contributed by atoms with Crippen molar-refractivity contribution in [2.24, 2.45) is 0 Å². The number of esters is 2. The number of nitriles is 2.